The molecule has 0 bridgehead atoms. The van der Waals surface area contributed by atoms with Crippen molar-refractivity contribution in [2.75, 3.05) is 13.2 Å². The summed E-state index contributed by atoms with van der Waals surface area (Å²) in [6.07, 6.45) is 6.87. The van der Waals surface area contributed by atoms with Gasteiger partial charge in [-0.3, -0.25) is 9.97 Å². The van der Waals surface area contributed by atoms with Gasteiger partial charge in [0.1, 0.15) is 0 Å². The van der Waals surface area contributed by atoms with Crippen LogP contribution in [0.3, 0.4) is 0 Å². The largest absolute Gasteiger partial charge is 0.395 e. The SMILES string of the molecule is CC.CC(CCc1cc(CCc2ccc(Cl)cn2)c(Cl)cn1)NCCO. The van der Waals surface area contributed by atoms with Crippen molar-refractivity contribution in [3.63, 3.8) is 0 Å². The topological polar surface area (TPSA) is 58.0 Å². The fraction of sp³-hybridized carbons (Fsp3) is 0.500. The first kappa shape index (κ1) is 22.8. The molecule has 0 fully saturated rings. The van der Waals surface area contributed by atoms with Crippen LogP contribution in [0.15, 0.2) is 30.6 Å². The Morgan fingerprint density at radius 3 is 2.42 bits per heavy atom. The van der Waals surface area contributed by atoms with E-state index in [2.05, 4.69) is 28.3 Å². The Kier molecular flexibility index (Phi) is 11.5. The number of aromatic nitrogens is 2. The van der Waals surface area contributed by atoms with Crippen LogP contribution in [-0.2, 0) is 19.3 Å². The average molecular weight is 398 g/mol. The number of aliphatic hydroxyl groups is 1. The maximum Gasteiger partial charge on any atom is 0.0621 e. The van der Waals surface area contributed by atoms with E-state index in [1.807, 2.05) is 26.0 Å². The van der Waals surface area contributed by atoms with Gasteiger partial charge in [0.15, 0.2) is 0 Å². The molecule has 0 aliphatic heterocycles. The molecule has 2 heterocycles. The van der Waals surface area contributed by atoms with Crippen molar-refractivity contribution in [2.45, 2.75) is 52.5 Å². The molecule has 0 aliphatic carbocycles. The smallest absolute Gasteiger partial charge is 0.0621 e. The summed E-state index contributed by atoms with van der Waals surface area (Å²) < 4.78 is 0. The Morgan fingerprint density at radius 2 is 1.77 bits per heavy atom. The first-order chi connectivity index (χ1) is 12.6. The van der Waals surface area contributed by atoms with Gasteiger partial charge in [-0.1, -0.05) is 37.0 Å². The molecule has 4 nitrogen and oxygen atoms in total. The molecule has 0 aliphatic rings. The van der Waals surface area contributed by atoms with Crippen LogP contribution in [0.25, 0.3) is 0 Å². The van der Waals surface area contributed by atoms with Crippen LogP contribution in [0.5, 0.6) is 0 Å². The molecule has 0 spiro atoms. The number of nitrogens with one attached hydrogen (secondary N) is 1. The minimum absolute atomic E-state index is 0.159. The van der Waals surface area contributed by atoms with Crippen molar-refractivity contribution in [1.82, 2.24) is 15.3 Å². The third kappa shape index (κ3) is 8.45. The maximum absolute atomic E-state index is 8.83. The molecular formula is C20H29Cl2N3O. The van der Waals surface area contributed by atoms with Gasteiger partial charge in [0.05, 0.1) is 16.7 Å². The number of halogens is 2. The highest BCUT2D eigenvalue weighted by atomic mass is 35.5. The lowest BCUT2D eigenvalue weighted by Crippen LogP contribution is -2.29. The Bertz CT molecular complexity index is 635. The fourth-order valence-corrected chi connectivity index (χ4v) is 2.76. The molecule has 0 aromatic carbocycles. The number of hydrogen-bond donors (Lipinski definition) is 2. The van der Waals surface area contributed by atoms with Gasteiger partial charge in [-0.05, 0) is 56.4 Å². The predicted octanol–water partition coefficient (Wildman–Crippen LogP) is 4.50. The summed E-state index contributed by atoms with van der Waals surface area (Å²) >= 11 is 12.1. The van der Waals surface area contributed by atoms with Crippen LogP contribution in [0.1, 0.15) is 44.1 Å². The molecule has 1 unspecified atom stereocenters. The molecule has 144 valence electrons. The Balaban J connectivity index is 0.00000163. The lowest BCUT2D eigenvalue weighted by Gasteiger charge is -2.13. The van der Waals surface area contributed by atoms with Crippen molar-refractivity contribution < 1.29 is 5.11 Å². The predicted molar refractivity (Wildman–Crippen MR) is 110 cm³/mol. The normalized spacial score (nSPS) is 11.6. The minimum atomic E-state index is 0.159. The third-order valence-corrected chi connectivity index (χ3v) is 4.43. The second kappa shape index (κ2) is 13.0. The third-order valence-electron chi connectivity index (χ3n) is 3.87. The highest BCUT2D eigenvalue weighted by Crippen LogP contribution is 2.19. The molecule has 6 heteroatoms. The molecule has 2 N–H and O–H groups in total. The molecule has 26 heavy (non-hydrogen) atoms. The van der Waals surface area contributed by atoms with E-state index in [9.17, 15) is 0 Å². The van der Waals surface area contributed by atoms with E-state index in [0.717, 1.165) is 42.6 Å². The first-order valence-electron chi connectivity index (χ1n) is 9.16. The zero-order chi connectivity index (χ0) is 19.4. The van der Waals surface area contributed by atoms with Crippen LogP contribution in [0.4, 0.5) is 0 Å². The Morgan fingerprint density at radius 1 is 1.04 bits per heavy atom. The van der Waals surface area contributed by atoms with Gasteiger partial charge < -0.3 is 10.4 Å². The fourth-order valence-electron chi connectivity index (χ4n) is 2.45. The number of aryl methyl sites for hydroxylation is 3. The van der Waals surface area contributed by atoms with Crippen LogP contribution in [-0.4, -0.2) is 34.3 Å². The summed E-state index contributed by atoms with van der Waals surface area (Å²) in [6, 6.07) is 6.21. The average Bonchev–Trinajstić information content (AvgIpc) is 2.67. The molecule has 0 amide bonds. The van der Waals surface area contributed by atoms with Gasteiger partial charge >= 0.3 is 0 Å². The molecule has 0 saturated carbocycles. The zero-order valence-corrected chi connectivity index (χ0v) is 17.3. The summed E-state index contributed by atoms with van der Waals surface area (Å²) in [5, 5.41) is 13.4. The highest BCUT2D eigenvalue weighted by molar-refractivity contribution is 6.31. The maximum atomic E-state index is 8.83. The van der Waals surface area contributed by atoms with Crippen molar-refractivity contribution in [3.8, 4) is 0 Å². The van der Waals surface area contributed by atoms with E-state index in [0.29, 0.717) is 22.6 Å². The molecule has 2 rings (SSSR count). The zero-order valence-electron chi connectivity index (χ0n) is 15.8. The monoisotopic (exact) mass is 397 g/mol. The molecular weight excluding hydrogens is 369 g/mol. The summed E-state index contributed by atoms with van der Waals surface area (Å²) in [7, 11) is 0. The van der Waals surface area contributed by atoms with E-state index in [4.69, 9.17) is 28.3 Å². The first-order valence-corrected chi connectivity index (χ1v) is 9.92. The second-order valence-electron chi connectivity index (χ2n) is 5.85. The van der Waals surface area contributed by atoms with Gasteiger partial charge in [0, 0.05) is 36.4 Å². The molecule has 1 atom stereocenters. The van der Waals surface area contributed by atoms with Crippen LogP contribution in [0.2, 0.25) is 10.0 Å². The number of hydrogen-bond acceptors (Lipinski definition) is 4. The van der Waals surface area contributed by atoms with Gasteiger partial charge in [0.2, 0.25) is 0 Å². The highest BCUT2D eigenvalue weighted by Gasteiger charge is 2.07. The summed E-state index contributed by atoms with van der Waals surface area (Å²) in [5.41, 5.74) is 3.13. The number of rotatable bonds is 9. The van der Waals surface area contributed by atoms with Crippen molar-refractivity contribution in [2.24, 2.45) is 0 Å². The van der Waals surface area contributed by atoms with Crippen molar-refractivity contribution in [3.05, 3.63) is 57.6 Å². The Hall–Kier alpha value is -1.20. The second-order valence-corrected chi connectivity index (χ2v) is 6.70. The van der Waals surface area contributed by atoms with E-state index in [1.54, 1.807) is 12.4 Å². The van der Waals surface area contributed by atoms with E-state index >= 15 is 0 Å². The molecule has 0 radical (unpaired) electrons. The van der Waals surface area contributed by atoms with Crippen LogP contribution < -0.4 is 5.32 Å². The van der Waals surface area contributed by atoms with Crippen molar-refractivity contribution >= 4 is 23.2 Å². The quantitative estimate of drug-likeness (QED) is 0.653. The minimum Gasteiger partial charge on any atom is -0.395 e. The van der Waals surface area contributed by atoms with Gasteiger partial charge in [-0.2, -0.15) is 0 Å². The van der Waals surface area contributed by atoms with E-state index < -0.39 is 0 Å². The van der Waals surface area contributed by atoms with E-state index in [-0.39, 0.29) is 6.61 Å². The number of aliphatic hydroxyl groups excluding tert-OH is 1. The standard InChI is InChI=1S/C18H23Cl2N3O.C2H6/c1-13(21-8-9-24)2-5-17-10-14(18(20)12-23-17)3-6-16-7-4-15(19)11-22-16;1-2/h4,7,10-13,21,24H,2-3,5-6,8-9H2,1H3;1-2H3. The number of nitrogens with zero attached hydrogens (tertiary/aromatic N) is 2. The van der Waals surface area contributed by atoms with Crippen molar-refractivity contribution in [1.29, 1.82) is 0 Å². The summed E-state index contributed by atoms with van der Waals surface area (Å²) in [4.78, 5) is 8.73. The summed E-state index contributed by atoms with van der Waals surface area (Å²) in [6.45, 7) is 6.89. The van der Waals surface area contributed by atoms with Crippen LogP contribution >= 0.6 is 23.2 Å². The van der Waals surface area contributed by atoms with Gasteiger partial charge in [0.25, 0.3) is 0 Å². The lowest BCUT2D eigenvalue weighted by molar-refractivity contribution is 0.284. The van der Waals surface area contributed by atoms with E-state index in [1.165, 1.54) is 0 Å². The molecule has 2 aromatic rings. The van der Waals surface area contributed by atoms with Gasteiger partial charge in [-0.25, -0.2) is 0 Å². The lowest BCUT2D eigenvalue weighted by atomic mass is 10.1. The summed E-state index contributed by atoms with van der Waals surface area (Å²) in [5.74, 6) is 0. The number of pyridine rings is 2. The van der Waals surface area contributed by atoms with Gasteiger partial charge in [-0.15, -0.1) is 0 Å². The Labute approximate surface area is 167 Å². The van der Waals surface area contributed by atoms with Crippen LogP contribution in [0, 0.1) is 0 Å². The molecule has 2 aromatic heterocycles. The molecule has 0 saturated heterocycles.